The molecule has 0 radical (unpaired) electrons. The van der Waals surface area contributed by atoms with Crippen LogP contribution in [0, 0.1) is 12.7 Å². The monoisotopic (exact) mass is 498 g/mol. The van der Waals surface area contributed by atoms with Crippen LogP contribution in [0.4, 0.5) is 4.39 Å². The van der Waals surface area contributed by atoms with Crippen molar-refractivity contribution >= 4 is 26.9 Å². The molecule has 1 saturated heterocycles. The number of hydrogen-bond acceptors (Lipinski definition) is 4. The highest BCUT2D eigenvalue weighted by Gasteiger charge is 2.37. The van der Waals surface area contributed by atoms with E-state index < -0.39 is 10.0 Å². The third kappa shape index (κ3) is 4.38. The summed E-state index contributed by atoms with van der Waals surface area (Å²) in [5, 5.41) is 3.12. The summed E-state index contributed by atoms with van der Waals surface area (Å²) in [6.07, 6.45) is 5.17. The van der Waals surface area contributed by atoms with Crippen molar-refractivity contribution in [1.82, 2.24) is 9.62 Å². The summed E-state index contributed by atoms with van der Waals surface area (Å²) in [7, 11) is -1.73. The summed E-state index contributed by atoms with van der Waals surface area (Å²) in [4.78, 5) is 12.9. The number of sulfonamides is 1. The van der Waals surface area contributed by atoms with Crippen LogP contribution in [0.3, 0.4) is 0 Å². The number of benzene rings is 2. The lowest BCUT2D eigenvalue weighted by Gasteiger charge is -2.34. The molecule has 2 fully saturated rings. The highest BCUT2D eigenvalue weighted by molar-refractivity contribution is 7.89. The van der Waals surface area contributed by atoms with Crippen molar-refractivity contribution in [3.8, 4) is 11.3 Å². The smallest absolute Gasteiger partial charge is 0.255 e. The van der Waals surface area contributed by atoms with E-state index in [4.69, 9.17) is 4.42 Å². The summed E-state index contributed by atoms with van der Waals surface area (Å²) >= 11 is 0. The summed E-state index contributed by atoms with van der Waals surface area (Å²) in [6.45, 7) is 3.03. The molecule has 1 unspecified atom stereocenters. The minimum atomic E-state index is -3.30. The number of hydrogen-bond donors (Lipinski definition) is 1. The van der Waals surface area contributed by atoms with E-state index in [2.05, 4.69) is 5.32 Å². The van der Waals surface area contributed by atoms with Crippen molar-refractivity contribution in [1.29, 1.82) is 0 Å². The van der Waals surface area contributed by atoms with Crippen LogP contribution in [0.1, 0.15) is 65.9 Å². The Kier molecular flexibility index (Phi) is 6.44. The Labute approximate surface area is 205 Å². The van der Waals surface area contributed by atoms with E-state index in [1.165, 1.54) is 12.1 Å². The van der Waals surface area contributed by atoms with E-state index in [1.807, 2.05) is 19.1 Å². The molecule has 35 heavy (non-hydrogen) atoms. The lowest BCUT2D eigenvalue weighted by atomic mass is 9.87. The summed E-state index contributed by atoms with van der Waals surface area (Å²) in [5.41, 5.74) is 3.65. The van der Waals surface area contributed by atoms with Crippen LogP contribution in [-0.4, -0.2) is 44.0 Å². The van der Waals surface area contributed by atoms with Gasteiger partial charge in [-0.3, -0.25) is 4.79 Å². The maximum atomic E-state index is 13.5. The SMILES string of the molecule is CNC(=O)c1c(-c2ccc(F)cc2)oc2cc(C)c(C3CCCN(S(=O)(=O)C4CCCC4)C3)cc12. The number of fused-ring (bicyclic) bond motifs is 1. The van der Waals surface area contributed by atoms with E-state index in [0.717, 1.165) is 49.7 Å². The van der Waals surface area contributed by atoms with Gasteiger partial charge >= 0.3 is 0 Å². The zero-order valence-corrected chi connectivity index (χ0v) is 21.0. The van der Waals surface area contributed by atoms with Gasteiger partial charge in [-0.25, -0.2) is 17.1 Å². The topological polar surface area (TPSA) is 79.6 Å². The molecule has 2 aliphatic rings. The van der Waals surface area contributed by atoms with Gasteiger partial charge in [-0.15, -0.1) is 0 Å². The Balaban J connectivity index is 1.55. The number of piperidine rings is 1. The molecule has 6 nitrogen and oxygen atoms in total. The summed E-state index contributed by atoms with van der Waals surface area (Å²) < 4.78 is 47.8. The lowest BCUT2D eigenvalue weighted by molar-refractivity contribution is 0.0964. The normalized spacial score (nSPS) is 19.9. The second-order valence-electron chi connectivity index (χ2n) is 9.75. The average Bonchev–Trinajstić information content (AvgIpc) is 3.52. The summed E-state index contributed by atoms with van der Waals surface area (Å²) in [6, 6.07) is 9.79. The molecule has 0 bridgehead atoms. The fraction of sp³-hybridized carbons (Fsp3) is 0.444. The van der Waals surface area contributed by atoms with E-state index in [1.54, 1.807) is 23.5 Å². The molecule has 3 aromatic rings. The molecule has 1 aliphatic carbocycles. The molecule has 5 rings (SSSR count). The summed E-state index contributed by atoms with van der Waals surface area (Å²) in [5.74, 6) is -0.207. The van der Waals surface area contributed by atoms with Crippen LogP contribution < -0.4 is 5.32 Å². The van der Waals surface area contributed by atoms with Crippen molar-refractivity contribution in [3.05, 3.63) is 58.9 Å². The first kappa shape index (κ1) is 24.0. The number of amides is 1. The lowest BCUT2D eigenvalue weighted by Crippen LogP contribution is -2.43. The fourth-order valence-electron chi connectivity index (χ4n) is 5.68. The molecule has 2 heterocycles. The number of aryl methyl sites for hydroxylation is 1. The Morgan fingerprint density at radius 1 is 1.09 bits per heavy atom. The average molecular weight is 499 g/mol. The molecule has 1 aromatic heterocycles. The largest absolute Gasteiger partial charge is 0.455 e. The van der Waals surface area contributed by atoms with Crippen molar-refractivity contribution in [2.24, 2.45) is 0 Å². The number of rotatable bonds is 5. The molecule has 1 aliphatic heterocycles. The first-order valence-electron chi connectivity index (χ1n) is 12.3. The maximum absolute atomic E-state index is 13.5. The predicted molar refractivity (Wildman–Crippen MR) is 134 cm³/mol. The molecule has 1 N–H and O–H groups in total. The van der Waals surface area contributed by atoms with Crippen LogP contribution in [0.5, 0.6) is 0 Å². The number of carbonyl (C=O) groups is 1. The molecule has 2 aromatic carbocycles. The molecule has 8 heteroatoms. The second kappa shape index (κ2) is 9.39. The third-order valence-electron chi connectivity index (χ3n) is 7.54. The first-order valence-corrected chi connectivity index (χ1v) is 13.8. The van der Waals surface area contributed by atoms with Crippen LogP contribution in [-0.2, 0) is 10.0 Å². The van der Waals surface area contributed by atoms with Gasteiger partial charge in [-0.1, -0.05) is 12.8 Å². The number of furan rings is 1. The Morgan fingerprint density at radius 2 is 1.80 bits per heavy atom. The highest BCUT2D eigenvalue weighted by atomic mass is 32.2. The van der Waals surface area contributed by atoms with Crippen molar-refractivity contribution in [2.45, 2.75) is 56.6 Å². The second-order valence-corrected chi connectivity index (χ2v) is 12.0. The zero-order valence-electron chi connectivity index (χ0n) is 20.1. The molecule has 0 spiro atoms. The van der Waals surface area contributed by atoms with E-state index in [0.29, 0.717) is 40.9 Å². The fourth-order valence-corrected chi connectivity index (χ4v) is 7.80. The van der Waals surface area contributed by atoms with Crippen molar-refractivity contribution < 1.29 is 22.0 Å². The van der Waals surface area contributed by atoms with Gasteiger partial charge in [0.05, 0.1) is 10.8 Å². The first-order chi connectivity index (χ1) is 16.8. The molecule has 186 valence electrons. The molecule has 1 saturated carbocycles. The predicted octanol–water partition coefficient (Wildman–Crippen LogP) is 5.36. The van der Waals surface area contributed by atoms with Gasteiger partial charge < -0.3 is 9.73 Å². The number of halogens is 1. The van der Waals surface area contributed by atoms with Gasteiger partial charge in [-0.05, 0) is 86.1 Å². The van der Waals surface area contributed by atoms with E-state index >= 15 is 0 Å². The molecule has 1 atom stereocenters. The number of nitrogens with one attached hydrogen (secondary N) is 1. The van der Waals surface area contributed by atoms with E-state index in [9.17, 15) is 17.6 Å². The Bertz CT molecular complexity index is 1360. The minimum Gasteiger partial charge on any atom is -0.455 e. The van der Waals surface area contributed by atoms with Crippen LogP contribution >= 0.6 is 0 Å². The number of nitrogens with zero attached hydrogens (tertiary/aromatic N) is 1. The molecule has 1 amide bonds. The van der Waals surface area contributed by atoms with E-state index in [-0.39, 0.29) is 22.9 Å². The highest BCUT2D eigenvalue weighted by Crippen LogP contribution is 2.39. The van der Waals surface area contributed by atoms with Crippen LogP contribution in [0.15, 0.2) is 40.8 Å². The number of carbonyl (C=O) groups excluding carboxylic acids is 1. The third-order valence-corrected chi connectivity index (χ3v) is 9.91. The zero-order chi connectivity index (χ0) is 24.7. The van der Waals surface area contributed by atoms with Gasteiger partial charge in [0, 0.05) is 31.1 Å². The van der Waals surface area contributed by atoms with Crippen LogP contribution in [0.25, 0.3) is 22.3 Å². The van der Waals surface area contributed by atoms with Gasteiger partial charge in [0.1, 0.15) is 17.2 Å². The van der Waals surface area contributed by atoms with Gasteiger partial charge in [-0.2, -0.15) is 0 Å². The van der Waals surface area contributed by atoms with Crippen molar-refractivity contribution in [2.75, 3.05) is 20.1 Å². The molecular weight excluding hydrogens is 467 g/mol. The molecular formula is C27H31FN2O4S. The maximum Gasteiger partial charge on any atom is 0.255 e. The van der Waals surface area contributed by atoms with Crippen molar-refractivity contribution in [3.63, 3.8) is 0 Å². The van der Waals surface area contributed by atoms with Gasteiger partial charge in [0.2, 0.25) is 10.0 Å². The van der Waals surface area contributed by atoms with Gasteiger partial charge in [0.25, 0.3) is 5.91 Å². The van der Waals surface area contributed by atoms with Crippen LogP contribution in [0.2, 0.25) is 0 Å². The quantitative estimate of drug-likeness (QED) is 0.514. The Morgan fingerprint density at radius 3 is 2.49 bits per heavy atom. The van der Waals surface area contributed by atoms with Gasteiger partial charge in [0.15, 0.2) is 0 Å². The Hall–Kier alpha value is -2.71. The minimum absolute atomic E-state index is 0.0473. The standard InChI is InChI=1S/C27H31FN2O4S/c1-17-14-24-23(25(27(31)29-2)26(34-24)18-9-11-20(28)12-10-18)15-22(17)19-6-5-13-30(16-19)35(32,33)21-7-3-4-8-21/h9-12,14-15,19,21H,3-8,13,16H2,1-2H3,(H,29,31).